The average Bonchev–Trinajstić information content (AvgIpc) is 2.35. The van der Waals surface area contributed by atoms with E-state index in [1.165, 1.54) is 12.1 Å². The number of nitrogens with zero attached hydrogens (tertiary/aromatic N) is 1. The Morgan fingerprint density at radius 1 is 1.39 bits per heavy atom. The summed E-state index contributed by atoms with van der Waals surface area (Å²) in [5, 5.41) is 2.69. The zero-order valence-electron chi connectivity index (χ0n) is 9.58. The fourth-order valence-electron chi connectivity index (χ4n) is 1.45. The van der Waals surface area contributed by atoms with Gasteiger partial charge >= 0.3 is 0 Å². The van der Waals surface area contributed by atoms with Gasteiger partial charge in [-0.2, -0.15) is 0 Å². The van der Waals surface area contributed by atoms with E-state index in [4.69, 9.17) is 0 Å². The van der Waals surface area contributed by atoms with Crippen LogP contribution in [0.3, 0.4) is 0 Å². The number of anilines is 1. The number of hydrogen-bond acceptors (Lipinski definition) is 2. The molecule has 1 N–H and O–H groups in total. The van der Waals surface area contributed by atoms with E-state index in [-0.39, 0.29) is 11.5 Å². The van der Waals surface area contributed by atoms with Crippen molar-refractivity contribution in [3.8, 4) is 0 Å². The quantitative estimate of drug-likeness (QED) is 0.922. The smallest absolute Gasteiger partial charge is 0.255 e. The summed E-state index contributed by atoms with van der Waals surface area (Å²) in [5.74, 6) is -0.831. The Kier molecular flexibility index (Phi) is 3.72. The van der Waals surface area contributed by atoms with Crippen LogP contribution in [0.25, 0.3) is 0 Å². The minimum Gasteiger partial charge on any atom is -0.320 e. The van der Waals surface area contributed by atoms with Crippen molar-refractivity contribution in [1.29, 1.82) is 0 Å². The molecule has 0 aliphatic rings. The number of aromatic nitrogens is 1. The van der Waals surface area contributed by atoms with Crippen LogP contribution in [0.1, 0.15) is 16.1 Å². The summed E-state index contributed by atoms with van der Waals surface area (Å²) in [5.41, 5.74) is 1.59. The maximum atomic E-state index is 13.3. The highest BCUT2D eigenvalue weighted by Crippen LogP contribution is 2.18. The molecule has 3 nitrogen and oxygen atoms in total. The third-order valence-electron chi connectivity index (χ3n) is 2.44. The Hall–Kier alpha value is -1.75. The summed E-state index contributed by atoms with van der Waals surface area (Å²) in [6, 6.07) is 7.71. The molecule has 1 heterocycles. The Morgan fingerprint density at radius 3 is 2.83 bits per heavy atom. The Morgan fingerprint density at radius 2 is 2.17 bits per heavy atom. The molecule has 0 spiro atoms. The second kappa shape index (κ2) is 5.27. The molecule has 5 heteroatoms. The first kappa shape index (κ1) is 12.7. The summed E-state index contributed by atoms with van der Waals surface area (Å²) in [6.45, 7) is 1.79. The lowest BCUT2D eigenvalue weighted by molar-refractivity contribution is 0.102. The van der Waals surface area contributed by atoms with Gasteiger partial charge in [0.2, 0.25) is 0 Å². The average molecular weight is 309 g/mol. The largest absolute Gasteiger partial charge is 0.320 e. The summed E-state index contributed by atoms with van der Waals surface area (Å²) < 4.78 is 13.6. The lowest BCUT2D eigenvalue weighted by atomic mass is 10.2. The summed E-state index contributed by atoms with van der Waals surface area (Å²) in [6.07, 6.45) is 1.64. The van der Waals surface area contributed by atoms with E-state index in [0.29, 0.717) is 15.9 Å². The van der Waals surface area contributed by atoms with Gasteiger partial charge < -0.3 is 5.32 Å². The lowest BCUT2D eigenvalue weighted by Gasteiger charge is -2.07. The van der Waals surface area contributed by atoms with Gasteiger partial charge in [-0.1, -0.05) is 0 Å². The number of halogens is 2. The molecule has 0 atom stereocenters. The Bertz CT molecular complexity index is 601. The van der Waals surface area contributed by atoms with Crippen LogP contribution in [0, 0.1) is 12.7 Å². The van der Waals surface area contributed by atoms with Gasteiger partial charge in [0.15, 0.2) is 0 Å². The van der Waals surface area contributed by atoms with E-state index in [0.717, 1.165) is 0 Å². The maximum absolute atomic E-state index is 13.3. The highest BCUT2D eigenvalue weighted by molar-refractivity contribution is 9.10. The molecule has 1 amide bonds. The van der Waals surface area contributed by atoms with E-state index in [9.17, 15) is 9.18 Å². The first-order valence-electron chi connectivity index (χ1n) is 5.26. The first-order valence-corrected chi connectivity index (χ1v) is 6.05. The molecule has 0 fully saturated rings. The van der Waals surface area contributed by atoms with E-state index >= 15 is 0 Å². The van der Waals surface area contributed by atoms with Gasteiger partial charge in [0, 0.05) is 11.8 Å². The molecule has 0 aliphatic heterocycles. The number of carbonyl (C=O) groups excluding carboxylic acids is 1. The molecule has 0 saturated carbocycles. The Labute approximate surface area is 112 Å². The number of rotatable bonds is 2. The standard InChI is InChI=1S/C13H10BrFN2O/c1-8-12(3-2-6-16-8)17-13(18)9-4-5-10(14)11(15)7-9/h2-7H,1H3,(H,17,18). The molecule has 1 aromatic carbocycles. The van der Waals surface area contributed by atoms with Gasteiger partial charge in [-0.15, -0.1) is 0 Å². The molecular formula is C13H10BrFN2O. The third-order valence-corrected chi connectivity index (χ3v) is 3.08. The summed E-state index contributed by atoms with van der Waals surface area (Å²) >= 11 is 3.04. The fraction of sp³-hybridized carbons (Fsp3) is 0.0769. The SMILES string of the molecule is Cc1ncccc1NC(=O)c1ccc(Br)c(F)c1. The van der Waals surface area contributed by atoms with Crippen molar-refractivity contribution in [2.75, 3.05) is 5.32 Å². The van der Waals surface area contributed by atoms with Gasteiger partial charge in [0.1, 0.15) is 5.82 Å². The monoisotopic (exact) mass is 308 g/mol. The second-order valence-corrected chi connectivity index (χ2v) is 4.57. The van der Waals surface area contributed by atoms with Gasteiger partial charge in [0.05, 0.1) is 15.9 Å². The zero-order chi connectivity index (χ0) is 13.1. The van der Waals surface area contributed by atoms with Gasteiger partial charge in [0.25, 0.3) is 5.91 Å². The second-order valence-electron chi connectivity index (χ2n) is 3.72. The molecular weight excluding hydrogens is 299 g/mol. The van der Waals surface area contributed by atoms with Crippen LogP contribution in [0.4, 0.5) is 10.1 Å². The zero-order valence-corrected chi connectivity index (χ0v) is 11.2. The van der Waals surface area contributed by atoms with Crippen LogP contribution >= 0.6 is 15.9 Å². The number of amides is 1. The van der Waals surface area contributed by atoms with Crippen molar-refractivity contribution in [3.05, 3.63) is 58.1 Å². The summed E-state index contributed by atoms with van der Waals surface area (Å²) in [7, 11) is 0. The van der Waals surface area contributed by atoms with Crippen LogP contribution in [0.15, 0.2) is 41.0 Å². The number of nitrogens with one attached hydrogen (secondary N) is 1. The van der Waals surface area contributed by atoms with Crippen molar-refractivity contribution in [2.24, 2.45) is 0 Å². The van der Waals surface area contributed by atoms with Gasteiger partial charge in [-0.25, -0.2) is 4.39 Å². The predicted octanol–water partition coefficient (Wildman–Crippen LogP) is 3.54. The van der Waals surface area contributed by atoms with E-state index < -0.39 is 5.82 Å². The normalized spacial score (nSPS) is 10.2. The highest BCUT2D eigenvalue weighted by Gasteiger charge is 2.10. The minimum absolute atomic E-state index is 0.263. The van der Waals surface area contributed by atoms with Crippen LogP contribution in [-0.4, -0.2) is 10.9 Å². The molecule has 2 aromatic rings. The predicted molar refractivity (Wildman–Crippen MR) is 71.0 cm³/mol. The third kappa shape index (κ3) is 2.73. The van der Waals surface area contributed by atoms with Crippen molar-refractivity contribution in [2.45, 2.75) is 6.92 Å². The molecule has 92 valence electrons. The van der Waals surface area contributed by atoms with E-state index in [1.54, 1.807) is 31.3 Å². The van der Waals surface area contributed by atoms with E-state index in [1.807, 2.05) is 0 Å². The fourth-order valence-corrected chi connectivity index (χ4v) is 1.69. The lowest BCUT2D eigenvalue weighted by Crippen LogP contribution is -2.13. The Balaban J connectivity index is 2.22. The molecule has 1 aromatic heterocycles. The molecule has 0 bridgehead atoms. The van der Waals surface area contributed by atoms with Gasteiger partial charge in [-0.05, 0) is 53.2 Å². The van der Waals surface area contributed by atoms with Crippen LogP contribution in [-0.2, 0) is 0 Å². The van der Waals surface area contributed by atoms with Crippen molar-refractivity contribution in [3.63, 3.8) is 0 Å². The van der Waals surface area contributed by atoms with Crippen molar-refractivity contribution < 1.29 is 9.18 Å². The topological polar surface area (TPSA) is 42.0 Å². The van der Waals surface area contributed by atoms with Crippen LogP contribution < -0.4 is 5.32 Å². The van der Waals surface area contributed by atoms with Crippen molar-refractivity contribution in [1.82, 2.24) is 4.98 Å². The van der Waals surface area contributed by atoms with Crippen LogP contribution in [0.2, 0.25) is 0 Å². The molecule has 0 aliphatic carbocycles. The number of aryl methyl sites for hydroxylation is 1. The molecule has 0 saturated heterocycles. The van der Waals surface area contributed by atoms with Crippen LogP contribution in [0.5, 0.6) is 0 Å². The first-order chi connectivity index (χ1) is 8.58. The number of hydrogen-bond donors (Lipinski definition) is 1. The summed E-state index contributed by atoms with van der Waals surface area (Å²) in [4.78, 5) is 16.0. The van der Waals surface area contributed by atoms with Gasteiger partial charge in [-0.3, -0.25) is 9.78 Å². The number of carbonyl (C=O) groups is 1. The maximum Gasteiger partial charge on any atom is 0.255 e. The minimum atomic E-state index is -0.467. The molecule has 0 unspecified atom stereocenters. The molecule has 2 rings (SSSR count). The van der Waals surface area contributed by atoms with E-state index in [2.05, 4.69) is 26.2 Å². The number of pyridine rings is 1. The molecule has 0 radical (unpaired) electrons. The van der Waals surface area contributed by atoms with Crippen molar-refractivity contribution >= 4 is 27.5 Å². The molecule has 18 heavy (non-hydrogen) atoms. The number of benzene rings is 1. The highest BCUT2D eigenvalue weighted by atomic mass is 79.9.